The molecule has 10 heteroatoms. The third-order valence-corrected chi connectivity index (χ3v) is 3.95. The van der Waals surface area contributed by atoms with E-state index >= 15 is 0 Å². The molecule has 0 radical (unpaired) electrons. The number of ether oxygens (including phenoxy) is 5. The quantitative estimate of drug-likeness (QED) is 0.202. The van der Waals surface area contributed by atoms with Gasteiger partial charge in [-0.1, -0.05) is 13.3 Å². The average Bonchev–Trinajstić information content (AvgIpc) is 2.70. The number of carbonyl (C=O) groups is 4. The molecule has 0 unspecified atom stereocenters. The lowest BCUT2D eigenvalue weighted by Crippen LogP contribution is -2.38. The zero-order valence-electron chi connectivity index (χ0n) is 20.7. The Morgan fingerprint density at radius 2 is 1.53 bits per heavy atom. The number of unbranched alkanes of at least 4 members (excludes halogenated alkanes) is 1. The molecule has 0 aliphatic heterocycles. The maximum Gasteiger partial charge on any atom is 0.514 e. The molecule has 1 N–H and O–H groups in total. The van der Waals surface area contributed by atoms with Gasteiger partial charge < -0.3 is 29.0 Å². The van der Waals surface area contributed by atoms with Gasteiger partial charge in [-0.25, -0.2) is 14.4 Å². The average molecular weight is 482 g/mol. The Morgan fingerprint density at radius 1 is 0.912 bits per heavy atom. The van der Waals surface area contributed by atoms with Crippen molar-refractivity contribution in [3.05, 3.63) is 24.3 Å². The maximum atomic E-state index is 12.1. The molecular weight excluding hydrogens is 446 g/mol. The minimum Gasteiger partial charge on any atom is -0.482 e. The normalized spacial score (nSPS) is 11.2. The van der Waals surface area contributed by atoms with E-state index in [2.05, 4.69) is 5.32 Å². The number of benzene rings is 1. The summed E-state index contributed by atoms with van der Waals surface area (Å²) in [5.74, 6) is -0.220. The second-order valence-electron chi connectivity index (χ2n) is 9.12. The molecule has 1 amide bonds. The summed E-state index contributed by atoms with van der Waals surface area (Å²) in [4.78, 5) is 47.5. The van der Waals surface area contributed by atoms with E-state index in [1.807, 2.05) is 6.92 Å². The topological polar surface area (TPSA) is 126 Å². The van der Waals surface area contributed by atoms with Crippen molar-refractivity contribution in [2.75, 3.05) is 19.8 Å². The van der Waals surface area contributed by atoms with Gasteiger partial charge in [0.1, 0.15) is 22.7 Å². The summed E-state index contributed by atoms with van der Waals surface area (Å²) < 4.78 is 25.7. The number of amides is 1. The van der Waals surface area contributed by atoms with E-state index in [1.165, 1.54) is 24.3 Å². The van der Waals surface area contributed by atoms with Crippen LogP contribution in [-0.4, -0.2) is 55.0 Å². The molecule has 190 valence electrons. The second kappa shape index (κ2) is 13.4. The largest absolute Gasteiger partial charge is 0.514 e. The Kier molecular flexibility index (Phi) is 11.3. The van der Waals surface area contributed by atoms with Crippen molar-refractivity contribution in [3.8, 4) is 11.5 Å². The lowest BCUT2D eigenvalue weighted by atomic mass is 10.0. The van der Waals surface area contributed by atoms with Gasteiger partial charge in [0.25, 0.3) is 0 Å². The Bertz CT molecular complexity index is 826. The fourth-order valence-corrected chi connectivity index (χ4v) is 2.52. The minimum absolute atomic E-state index is 0.140. The highest BCUT2D eigenvalue weighted by Gasteiger charge is 2.28. The van der Waals surface area contributed by atoms with Crippen molar-refractivity contribution >= 4 is 24.0 Å². The van der Waals surface area contributed by atoms with Crippen molar-refractivity contribution in [3.63, 3.8) is 0 Å². The molecule has 1 rings (SSSR count). The van der Waals surface area contributed by atoms with Crippen LogP contribution in [0, 0.1) is 0 Å². The van der Waals surface area contributed by atoms with E-state index in [1.54, 1.807) is 34.6 Å². The van der Waals surface area contributed by atoms with Crippen LogP contribution < -0.4 is 14.8 Å². The summed E-state index contributed by atoms with van der Waals surface area (Å²) >= 11 is 0. The first-order chi connectivity index (χ1) is 15.8. The van der Waals surface area contributed by atoms with Crippen LogP contribution in [0.2, 0.25) is 0 Å². The van der Waals surface area contributed by atoms with Crippen molar-refractivity contribution in [2.45, 2.75) is 72.0 Å². The van der Waals surface area contributed by atoms with Gasteiger partial charge in [-0.2, -0.15) is 0 Å². The van der Waals surface area contributed by atoms with E-state index in [-0.39, 0.29) is 31.1 Å². The van der Waals surface area contributed by atoms with Crippen molar-refractivity contribution in [1.82, 2.24) is 5.32 Å². The summed E-state index contributed by atoms with van der Waals surface area (Å²) in [6, 6.07) is 6.00. The predicted molar refractivity (Wildman–Crippen MR) is 123 cm³/mol. The SMILES string of the molecule is CCCCOC(=O)COc1ccc(OC(=O)OC(C)(C)CC(=O)CNC(=O)OC(C)(C)C)cc1. The fraction of sp³-hybridized carbons (Fsp3) is 0.583. The van der Waals surface area contributed by atoms with Crippen molar-refractivity contribution in [1.29, 1.82) is 0 Å². The molecule has 0 fully saturated rings. The number of carbonyl (C=O) groups excluding carboxylic acids is 4. The van der Waals surface area contributed by atoms with Crippen LogP contribution in [0.5, 0.6) is 11.5 Å². The Balaban J connectivity index is 2.42. The van der Waals surface area contributed by atoms with Crippen molar-refractivity contribution in [2.24, 2.45) is 0 Å². The second-order valence-corrected chi connectivity index (χ2v) is 9.12. The standard InChI is InChI=1S/C24H35NO9/c1-7-8-13-30-20(27)16-31-18-9-11-19(12-10-18)32-22(29)34-24(5,6)14-17(26)15-25-21(28)33-23(2,3)4/h9-12H,7-8,13-16H2,1-6H3,(H,25,28). The zero-order chi connectivity index (χ0) is 25.8. The first-order valence-electron chi connectivity index (χ1n) is 11.1. The van der Waals surface area contributed by atoms with Crippen LogP contribution >= 0.6 is 0 Å². The number of nitrogens with one attached hydrogen (secondary N) is 1. The van der Waals surface area contributed by atoms with Gasteiger partial charge in [-0.05, 0) is 65.3 Å². The number of Topliss-reactive ketones (excluding diaryl/α,β-unsaturated/α-hetero) is 1. The summed E-state index contributed by atoms with van der Waals surface area (Å²) in [6.07, 6.45) is -0.122. The molecule has 0 heterocycles. The van der Waals surface area contributed by atoms with Crippen LogP contribution in [0.25, 0.3) is 0 Å². The van der Waals surface area contributed by atoms with Gasteiger partial charge in [0.2, 0.25) is 0 Å². The van der Waals surface area contributed by atoms with Gasteiger partial charge >= 0.3 is 18.2 Å². The number of esters is 1. The van der Waals surface area contributed by atoms with E-state index in [9.17, 15) is 19.2 Å². The molecule has 0 aromatic heterocycles. The van der Waals surface area contributed by atoms with Gasteiger partial charge in [0, 0.05) is 6.42 Å². The molecular formula is C24H35NO9. The fourth-order valence-electron chi connectivity index (χ4n) is 2.52. The van der Waals surface area contributed by atoms with Gasteiger partial charge in [0.05, 0.1) is 13.2 Å². The Hall–Kier alpha value is -3.30. The first kappa shape index (κ1) is 28.7. The molecule has 1 aromatic carbocycles. The molecule has 0 spiro atoms. The highest BCUT2D eigenvalue weighted by atomic mass is 16.7. The third-order valence-electron chi connectivity index (χ3n) is 3.95. The highest BCUT2D eigenvalue weighted by molar-refractivity contribution is 5.85. The third kappa shape index (κ3) is 13.3. The van der Waals surface area contributed by atoms with Crippen LogP contribution in [0.3, 0.4) is 0 Å². The van der Waals surface area contributed by atoms with Crippen LogP contribution in [0.15, 0.2) is 24.3 Å². The molecule has 0 aliphatic rings. The molecule has 0 bridgehead atoms. The van der Waals surface area contributed by atoms with Crippen molar-refractivity contribution < 1.29 is 42.9 Å². The van der Waals surface area contributed by atoms with E-state index in [0.717, 1.165) is 12.8 Å². The first-order valence-corrected chi connectivity index (χ1v) is 11.1. The van der Waals surface area contributed by atoms with Gasteiger partial charge in [-0.3, -0.25) is 4.79 Å². The van der Waals surface area contributed by atoms with Crippen LogP contribution in [-0.2, 0) is 23.8 Å². The summed E-state index contributed by atoms with van der Waals surface area (Å²) in [6.45, 7) is 10.1. The van der Waals surface area contributed by atoms with Crippen LogP contribution in [0.1, 0.15) is 60.8 Å². The van der Waals surface area contributed by atoms with Gasteiger partial charge in [0.15, 0.2) is 12.4 Å². The molecule has 0 saturated carbocycles. The minimum atomic E-state index is -1.16. The van der Waals surface area contributed by atoms with Crippen LogP contribution in [0.4, 0.5) is 9.59 Å². The van der Waals surface area contributed by atoms with E-state index in [4.69, 9.17) is 23.7 Å². The maximum absolute atomic E-state index is 12.1. The number of ketones is 1. The van der Waals surface area contributed by atoms with E-state index < -0.39 is 29.4 Å². The zero-order valence-corrected chi connectivity index (χ0v) is 20.7. The number of rotatable bonds is 12. The Labute approximate surface area is 200 Å². The lowest BCUT2D eigenvalue weighted by Gasteiger charge is -2.24. The lowest BCUT2D eigenvalue weighted by molar-refractivity contribution is -0.146. The molecule has 0 atom stereocenters. The molecule has 34 heavy (non-hydrogen) atoms. The predicted octanol–water partition coefficient (Wildman–Crippen LogP) is 4.19. The highest BCUT2D eigenvalue weighted by Crippen LogP contribution is 2.21. The van der Waals surface area contributed by atoms with E-state index in [0.29, 0.717) is 12.4 Å². The summed E-state index contributed by atoms with van der Waals surface area (Å²) in [7, 11) is 0. The summed E-state index contributed by atoms with van der Waals surface area (Å²) in [5.41, 5.74) is -1.84. The molecule has 0 saturated heterocycles. The smallest absolute Gasteiger partial charge is 0.482 e. The molecule has 1 aromatic rings. The molecule has 0 aliphatic carbocycles. The monoisotopic (exact) mass is 481 g/mol. The molecule has 10 nitrogen and oxygen atoms in total. The number of hydrogen-bond acceptors (Lipinski definition) is 9. The number of alkyl carbamates (subject to hydrolysis) is 1. The Morgan fingerprint density at radius 3 is 2.12 bits per heavy atom. The summed E-state index contributed by atoms with van der Waals surface area (Å²) in [5, 5.41) is 2.37. The number of hydrogen-bond donors (Lipinski definition) is 1. The van der Waals surface area contributed by atoms with Gasteiger partial charge in [-0.15, -0.1) is 0 Å².